The van der Waals surface area contributed by atoms with Gasteiger partial charge in [-0.05, 0) is 42.0 Å². The summed E-state index contributed by atoms with van der Waals surface area (Å²) in [5, 5.41) is 4.83. The minimum atomic E-state index is -0.480. The van der Waals surface area contributed by atoms with E-state index in [1.54, 1.807) is 29.7 Å². The number of aromatic nitrogens is 1. The second kappa shape index (κ2) is 9.94. The van der Waals surface area contributed by atoms with E-state index in [2.05, 4.69) is 10.3 Å². The summed E-state index contributed by atoms with van der Waals surface area (Å²) in [6.07, 6.45) is 2.99. The molecule has 1 amide bonds. The molecule has 0 aliphatic rings. The van der Waals surface area contributed by atoms with Crippen molar-refractivity contribution in [3.05, 3.63) is 53.2 Å². The van der Waals surface area contributed by atoms with E-state index in [-0.39, 0.29) is 11.7 Å². The summed E-state index contributed by atoms with van der Waals surface area (Å²) in [6, 6.07) is 8.02. The number of nitrogens with one attached hydrogen (secondary N) is 1. The van der Waals surface area contributed by atoms with Crippen molar-refractivity contribution in [2.75, 3.05) is 33.8 Å². The molecular formula is C22H21FN2O5S. The maximum atomic E-state index is 13.9. The molecule has 1 heterocycles. The normalized spacial score (nSPS) is 10.7. The van der Waals surface area contributed by atoms with E-state index in [0.29, 0.717) is 39.2 Å². The van der Waals surface area contributed by atoms with E-state index in [4.69, 9.17) is 18.9 Å². The van der Waals surface area contributed by atoms with Crippen molar-refractivity contribution in [3.63, 3.8) is 0 Å². The third kappa shape index (κ3) is 5.13. The Balaban J connectivity index is 1.72. The molecule has 31 heavy (non-hydrogen) atoms. The van der Waals surface area contributed by atoms with Crippen molar-refractivity contribution >= 4 is 28.5 Å². The van der Waals surface area contributed by atoms with Crippen LogP contribution in [0.2, 0.25) is 0 Å². The summed E-state index contributed by atoms with van der Waals surface area (Å²) in [5.41, 5.74) is 1.83. The van der Waals surface area contributed by atoms with Crippen LogP contribution < -0.4 is 24.3 Å². The minimum absolute atomic E-state index is 0.157. The van der Waals surface area contributed by atoms with Crippen molar-refractivity contribution in [1.29, 1.82) is 0 Å². The zero-order valence-corrected chi connectivity index (χ0v) is 18.2. The Kier molecular flexibility index (Phi) is 7.09. The zero-order valence-electron chi connectivity index (χ0n) is 17.4. The van der Waals surface area contributed by atoms with Crippen LogP contribution in [-0.4, -0.2) is 39.3 Å². The number of ether oxygens (including phenoxy) is 4. The largest absolute Gasteiger partial charge is 0.494 e. The first-order valence-corrected chi connectivity index (χ1v) is 9.95. The number of hydrogen-bond donors (Lipinski definition) is 1. The second-order valence-electron chi connectivity index (χ2n) is 6.17. The van der Waals surface area contributed by atoms with Crippen LogP contribution >= 0.6 is 11.3 Å². The van der Waals surface area contributed by atoms with Gasteiger partial charge in [0.2, 0.25) is 11.7 Å². The summed E-state index contributed by atoms with van der Waals surface area (Å²) in [6.45, 7) is 0. The average Bonchev–Trinajstić information content (AvgIpc) is 3.25. The number of rotatable bonds is 8. The van der Waals surface area contributed by atoms with Gasteiger partial charge in [0, 0.05) is 17.0 Å². The summed E-state index contributed by atoms with van der Waals surface area (Å²) in [4.78, 5) is 16.6. The molecule has 3 rings (SSSR count). The lowest BCUT2D eigenvalue weighted by Crippen LogP contribution is -2.07. The smallest absolute Gasteiger partial charge is 0.250 e. The van der Waals surface area contributed by atoms with Gasteiger partial charge in [0.25, 0.3) is 0 Å². The van der Waals surface area contributed by atoms with E-state index in [0.717, 1.165) is 0 Å². The number of hydrogen-bond acceptors (Lipinski definition) is 7. The van der Waals surface area contributed by atoms with E-state index in [1.807, 2.05) is 0 Å². The molecule has 0 unspecified atom stereocenters. The first-order chi connectivity index (χ1) is 15.0. The standard InChI is InChI=1S/C22H21FN2O5S/c1-27-17-7-6-14(11-15(17)23)16-12-31-22(24-16)25-20(26)8-5-13-9-18(28-2)21(30-4)19(10-13)29-3/h5-12H,1-4H3,(H,24,25,26)/b8-5+. The van der Waals surface area contributed by atoms with Gasteiger partial charge in [0.1, 0.15) is 0 Å². The molecule has 1 N–H and O–H groups in total. The molecule has 7 nitrogen and oxygen atoms in total. The number of anilines is 1. The summed E-state index contributed by atoms with van der Waals surface area (Å²) in [7, 11) is 5.96. The highest BCUT2D eigenvalue weighted by molar-refractivity contribution is 7.14. The molecule has 0 saturated carbocycles. The molecule has 9 heteroatoms. The van der Waals surface area contributed by atoms with Crippen LogP contribution in [0.25, 0.3) is 17.3 Å². The molecule has 3 aromatic rings. The van der Waals surface area contributed by atoms with Gasteiger partial charge in [0.05, 0.1) is 34.1 Å². The third-order valence-corrected chi connectivity index (χ3v) is 5.05. The molecule has 0 radical (unpaired) electrons. The Labute approximate surface area is 183 Å². The second-order valence-corrected chi connectivity index (χ2v) is 7.03. The predicted molar refractivity (Wildman–Crippen MR) is 118 cm³/mol. The van der Waals surface area contributed by atoms with Gasteiger partial charge in [-0.15, -0.1) is 11.3 Å². The monoisotopic (exact) mass is 444 g/mol. The quantitative estimate of drug-likeness (QED) is 0.510. The van der Waals surface area contributed by atoms with Crippen molar-refractivity contribution < 1.29 is 28.1 Å². The molecule has 0 atom stereocenters. The van der Waals surface area contributed by atoms with Crippen LogP contribution in [0.3, 0.4) is 0 Å². The van der Waals surface area contributed by atoms with Gasteiger partial charge in [-0.1, -0.05) is 0 Å². The van der Waals surface area contributed by atoms with Crippen molar-refractivity contribution in [2.24, 2.45) is 0 Å². The molecule has 0 bridgehead atoms. The van der Waals surface area contributed by atoms with E-state index in [9.17, 15) is 9.18 Å². The molecular weight excluding hydrogens is 423 g/mol. The highest BCUT2D eigenvalue weighted by Crippen LogP contribution is 2.38. The van der Waals surface area contributed by atoms with E-state index >= 15 is 0 Å². The van der Waals surface area contributed by atoms with Crippen LogP contribution in [0.4, 0.5) is 9.52 Å². The fraction of sp³-hybridized carbons (Fsp3) is 0.182. The van der Waals surface area contributed by atoms with Crippen LogP contribution in [0.15, 0.2) is 41.8 Å². The van der Waals surface area contributed by atoms with Crippen LogP contribution in [-0.2, 0) is 4.79 Å². The highest BCUT2D eigenvalue weighted by Gasteiger charge is 2.13. The maximum absolute atomic E-state index is 13.9. The first-order valence-electron chi connectivity index (χ1n) is 9.07. The molecule has 0 aliphatic carbocycles. The number of nitrogens with zero attached hydrogens (tertiary/aromatic N) is 1. The lowest BCUT2D eigenvalue weighted by atomic mass is 10.1. The van der Waals surface area contributed by atoms with Gasteiger partial charge in [-0.25, -0.2) is 9.37 Å². The highest BCUT2D eigenvalue weighted by atomic mass is 32.1. The van der Waals surface area contributed by atoms with Gasteiger partial charge in [-0.2, -0.15) is 0 Å². The Hall–Kier alpha value is -3.59. The van der Waals surface area contributed by atoms with E-state index < -0.39 is 5.82 Å². The van der Waals surface area contributed by atoms with Gasteiger partial charge < -0.3 is 18.9 Å². The first kappa shape index (κ1) is 22.1. The Morgan fingerprint density at radius 2 is 1.68 bits per heavy atom. The lowest BCUT2D eigenvalue weighted by Gasteiger charge is -2.12. The SMILES string of the molecule is COc1ccc(-c2csc(NC(=O)/C=C/c3cc(OC)c(OC)c(OC)c3)n2)cc1F. The van der Waals surface area contributed by atoms with Gasteiger partial charge in [0.15, 0.2) is 28.2 Å². The molecule has 2 aromatic carbocycles. The van der Waals surface area contributed by atoms with Crippen molar-refractivity contribution in [1.82, 2.24) is 4.98 Å². The number of carbonyl (C=O) groups excluding carboxylic acids is 1. The molecule has 0 fully saturated rings. The lowest BCUT2D eigenvalue weighted by molar-refractivity contribution is -0.111. The Bertz CT molecular complexity index is 1090. The molecule has 162 valence electrons. The summed E-state index contributed by atoms with van der Waals surface area (Å²) in [5.74, 6) is 0.750. The van der Waals surface area contributed by atoms with Gasteiger partial charge >= 0.3 is 0 Å². The predicted octanol–water partition coefficient (Wildman–Crippen LogP) is 4.64. The molecule has 0 aliphatic heterocycles. The summed E-state index contributed by atoms with van der Waals surface area (Å²) >= 11 is 1.24. The number of amides is 1. The number of carbonyl (C=O) groups is 1. The molecule has 0 spiro atoms. The third-order valence-electron chi connectivity index (χ3n) is 4.30. The van der Waals surface area contributed by atoms with Crippen molar-refractivity contribution in [3.8, 4) is 34.3 Å². The molecule has 1 aromatic heterocycles. The van der Waals surface area contributed by atoms with Gasteiger partial charge in [-0.3, -0.25) is 10.1 Å². The van der Waals surface area contributed by atoms with Crippen molar-refractivity contribution in [2.45, 2.75) is 0 Å². The van der Waals surface area contributed by atoms with Crippen LogP contribution in [0.1, 0.15) is 5.56 Å². The number of benzene rings is 2. The topological polar surface area (TPSA) is 78.9 Å². The molecule has 0 saturated heterocycles. The Morgan fingerprint density at radius 3 is 2.26 bits per heavy atom. The zero-order chi connectivity index (χ0) is 22.4. The summed E-state index contributed by atoms with van der Waals surface area (Å²) < 4.78 is 34.7. The average molecular weight is 444 g/mol. The number of halogens is 1. The minimum Gasteiger partial charge on any atom is -0.494 e. The number of methoxy groups -OCH3 is 4. The van der Waals surface area contributed by atoms with Crippen LogP contribution in [0.5, 0.6) is 23.0 Å². The fourth-order valence-corrected chi connectivity index (χ4v) is 3.53. The maximum Gasteiger partial charge on any atom is 0.250 e. The Morgan fingerprint density at radius 1 is 1.00 bits per heavy atom. The number of thiazole rings is 1. The van der Waals surface area contributed by atoms with E-state index in [1.165, 1.54) is 58.0 Å². The van der Waals surface area contributed by atoms with Crippen LogP contribution in [0, 0.1) is 5.82 Å². The fourth-order valence-electron chi connectivity index (χ4n) is 2.81.